The average Bonchev–Trinajstić information content (AvgIpc) is 3.08. The fourth-order valence-electron chi connectivity index (χ4n) is 3.12. The lowest BCUT2D eigenvalue weighted by Crippen LogP contribution is -2.43. The van der Waals surface area contributed by atoms with Gasteiger partial charge in [0.05, 0.1) is 11.6 Å². The summed E-state index contributed by atoms with van der Waals surface area (Å²) in [6, 6.07) is 6.17. The van der Waals surface area contributed by atoms with Crippen LogP contribution in [0.25, 0.3) is 11.5 Å². The summed E-state index contributed by atoms with van der Waals surface area (Å²) in [6.07, 6.45) is 3.45. The summed E-state index contributed by atoms with van der Waals surface area (Å²) >= 11 is 0. The Morgan fingerprint density at radius 3 is 3.16 bits per heavy atom. The number of likely N-dealkylation sites (tertiary alicyclic amines) is 1. The van der Waals surface area contributed by atoms with Crippen LogP contribution in [0.1, 0.15) is 18.5 Å². The molecule has 25 heavy (non-hydrogen) atoms. The molecule has 0 radical (unpaired) electrons. The molecule has 1 saturated heterocycles. The molecule has 3 N–H and O–H groups in total. The number of aromatic nitrogens is 1. The molecule has 2 heterocycles. The number of nitrogens with zero attached hydrogens (tertiary/aromatic N) is 2. The van der Waals surface area contributed by atoms with E-state index in [9.17, 15) is 9.18 Å². The molecule has 1 aliphatic heterocycles. The Kier molecular flexibility index (Phi) is 5.78. The molecule has 3 rings (SSSR count). The highest BCUT2D eigenvalue weighted by molar-refractivity contribution is 5.78. The van der Waals surface area contributed by atoms with Crippen molar-refractivity contribution < 1.29 is 13.6 Å². The highest BCUT2D eigenvalue weighted by Gasteiger charge is 2.26. The van der Waals surface area contributed by atoms with E-state index in [1.807, 2.05) is 0 Å². The van der Waals surface area contributed by atoms with Crippen LogP contribution in [-0.4, -0.2) is 42.0 Å². The Labute approximate surface area is 146 Å². The van der Waals surface area contributed by atoms with Gasteiger partial charge in [0.15, 0.2) is 0 Å². The number of nitrogens with two attached hydrogens (primary N) is 1. The third-order valence-corrected chi connectivity index (χ3v) is 4.33. The summed E-state index contributed by atoms with van der Waals surface area (Å²) in [4.78, 5) is 18.8. The molecule has 1 aromatic carbocycles. The fraction of sp³-hybridized carbons (Fsp3) is 0.444. The molecule has 1 atom stereocenters. The number of piperidine rings is 1. The predicted molar refractivity (Wildman–Crippen MR) is 92.0 cm³/mol. The van der Waals surface area contributed by atoms with Crippen LogP contribution >= 0.6 is 0 Å². The number of hydrogen-bond acceptors (Lipinski definition) is 5. The Morgan fingerprint density at radius 1 is 1.48 bits per heavy atom. The number of oxazole rings is 1. The molecule has 0 aliphatic carbocycles. The number of amides is 1. The first kappa shape index (κ1) is 17.6. The van der Waals surface area contributed by atoms with Crippen LogP contribution in [-0.2, 0) is 11.3 Å². The Morgan fingerprint density at radius 2 is 2.36 bits per heavy atom. The summed E-state index contributed by atoms with van der Waals surface area (Å²) in [7, 11) is 0. The highest BCUT2D eigenvalue weighted by atomic mass is 19.1. The third-order valence-electron chi connectivity index (χ3n) is 4.33. The van der Waals surface area contributed by atoms with E-state index in [1.54, 1.807) is 18.4 Å². The minimum atomic E-state index is -0.320. The second-order valence-electron chi connectivity index (χ2n) is 6.31. The molecule has 1 fully saturated rings. The van der Waals surface area contributed by atoms with Crippen LogP contribution in [0, 0.1) is 11.7 Å². The summed E-state index contributed by atoms with van der Waals surface area (Å²) in [5.74, 6) is 0.133. The third kappa shape index (κ3) is 4.64. The monoisotopic (exact) mass is 346 g/mol. The molecule has 1 unspecified atom stereocenters. The van der Waals surface area contributed by atoms with Gasteiger partial charge in [0.25, 0.3) is 0 Å². The second-order valence-corrected chi connectivity index (χ2v) is 6.31. The van der Waals surface area contributed by atoms with Gasteiger partial charge in [-0.25, -0.2) is 9.37 Å². The van der Waals surface area contributed by atoms with Crippen LogP contribution in [0.15, 0.2) is 34.9 Å². The van der Waals surface area contributed by atoms with Gasteiger partial charge in [0.2, 0.25) is 11.8 Å². The normalized spacial score (nSPS) is 18.2. The minimum absolute atomic E-state index is 0.0186. The lowest BCUT2D eigenvalue weighted by Gasteiger charge is -2.31. The maximum atomic E-state index is 13.3. The number of benzene rings is 1. The van der Waals surface area contributed by atoms with E-state index in [0.717, 1.165) is 25.1 Å². The molecule has 0 bridgehead atoms. The van der Waals surface area contributed by atoms with Gasteiger partial charge in [0, 0.05) is 31.7 Å². The van der Waals surface area contributed by atoms with E-state index < -0.39 is 0 Å². The quantitative estimate of drug-likeness (QED) is 0.833. The maximum absolute atomic E-state index is 13.3. The van der Waals surface area contributed by atoms with Crippen LogP contribution in [0.4, 0.5) is 4.39 Å². The van der Waals surface area contributed by atoms with Gasteiger partial charge < -0.3 is 15.5 Å². The van der Waals surface area contributed by atoms with Crippen molar-refractivity contribution >= 4 is 5.91 Å². The van der Waals surface area contributed by atoms with Crippen molar-refractivity contribution in [3.63, 3.8) is 0 Å². The van der Waals surface area contributed by atoms with E-state index in [0.29, 0.717) is 37.6 Å². The number of halogens is 1. The standard InChI is InChI=1S/C18H23FN4O2/c19-15-5-1-3-13(9-15)18-22-16(12-25-18)11-23-8-2-4-14(10-23)17(24)21-7-6-20/h1,3,5,9,12,14H,2,4,6-8,10-11,20H2,(H,21,24). The average molecular weight is 346 g/mol. The van der Waals surface area contributed by atoms with Crippen LogP contribution in [0.5, 0.6) is 0 Å². The van der Waals surface area contributed by atoms with Crippen molar-refractivity contribution in [3.8, 4) is 11.5 Å². The minimum Gasteiger partial charge on any atom is -0.444 e. The summed E-state index contributed by atoms with van der Waals surface area (Å²) in [6.45, 7) is 3.18. The highest BCUT2D eigenvalue weighted by Crippen LogP contribution is 2.22. The molecule has 6 nitrogen and oxygen atoms in total. The number of hydrogen-bond donors (Lipinski definition) is 2. The first-order valence-electron chi connectivity index (χ1n) is 8.56. The molecule has 134 valence electrons. The molecule has 0 saturated carbocycles. The first-order valence-corrected chi connectivity index (χ1v) is 8.56. The molecule has 1 amide bonds. The Hall–Kier alpha value is -2.25. The van der Waals surface area contributed by atoms with Gasteiger partial charge in [-0.15, -0.1) is 0 Å². The lowest BCUT2D eigenvalue weighted by molar-refractivity contribution is -0.126. The van der Waals surface area contributed by atoms with E-state index in [-0.39, 0.29) is 17.6 Å². The number of nitrogens with one attached hydrogen (secondary N) is 1. The van der Waals surface area contributed by atoms with Crippen molar-refractivity contribution in [2.24, 2.45) is 11.7 Å². The Balaban J connectivity index is 1.60. The maximum Gasteiger partial charge on any atom is 0.226 e. The number of carbonyl (C=O) groups excluding carboxylic acids is 1. The van der Waals surface area contributed by atoms with Crippen molar-refractivity contribution in [2.45, 2.75) is 19.4 Å². The van der Waals surface area contributed by atoms with Gasteiger partial charge in [0.1, 0.15) is 12.1 Å². The SMILES string of the molecule is NCCNC(=O)C1CCCN(Cc2coc(-c3cccc(F)c3)n2)C1. The Bertz CT molecular complexity index is 719. The molecular weight excluding hydrogens is 323 g/mol. The number of rotatable bonds is 6. The molecule has 1 aliphatic rings. The zero-order chi connectivity index (χ0) is 17.6. The molecule has 1 aromatic heterocycles. The fourth-order valence-corrected chi connectivity index (χ4v) is 3.12. The zero-order valence-corrected chi connectivity index (χ0v) is 14.1. The van der Waals surface area contributed by atoms with Crippen LogP contribution in [0.3, 0.4) is 0 Å². The number of carbonyl (C=O) groups is 1. The largest absolute Gasteiger partial charge is 0.444 e. The van der Waals surface area contributed by atoms with Crippen LogP contribution < -0.4 is 11.1 Å². The van der Waals surface area contributed by atoms with E-state index >= 15 is 0 Å². The second kappa shape index (κ2) is 8.22. The van der Waals surface area contributed by atoms with Gasteiger partial charge in [-0.1, -0.05) is 6.07 Å². The van der Waals surface area contributed by atoms with Crippen molar-refractivity contribution in [2.75, 3.05) is 26.2 Å². The summed E-state index contributed by atoms with van der Waals surface area (Å²) in [5, 5.41) is 2.86. The molecule has 7 heteroatoms. The topological polar surface area (TPSA) is 84.4 Å². The van der Waals surface area contributed by atoms with Crippen molar-refractivity contribution in [3.05, 3.63) is 42.0 Å². The van der Waals surface area contributed by atoms with Crippen molar-refractivity contribution in [1.82, 2.24) is 15.2 Å². The predicted octanol–water partition coefficient (Wildman–Crippen LogP) is 1.77. The smallest absolute Gasteiger partial charge is 0.226 e. The first-order chi connectivity index (χ1) is 12.2. The molecule has 0 spiro atoms. The van der Waals surface area contributed by atoms with Crippen LogP contribution in [0.2, 0.25) is 0 Å². The molecular formula is C18H23FN4O2. The lowest BCUT2D eigenvalue weighted by atomic mass is 9.97. The van der Waals surface area contributed by atoms with Gasteiger partial charge in [-0.05, 0) is 37.6 Å². The zero-order valence-electron chi connectivity index (χ0n) is 14.1. The van der Waals surface area contributed by atoms with Gasteiger partial charge in [-0.3, -0.25) is 9.69 Å². The molecule has 2 aromatic rings. The van der Waals surface area contributed by atoms with E-state index in [1.165, 1.54) is 12.1 Å². The summed E-state index contributed by atoms with van der Waals surface area (Å²) in [5.41, 5.74) is 6.82. The van der Waals surface area contributed by atoms with Gasteiger partial charge in [-0.2, -0.15) is 0 Å². The van der Waals surface area contributed by atoms with E-state index in [2.05, 4.69) is 15.2 Å². The van der Waals surface area contributed by atoms with E-state index in [4.69, 9.17) is 10.2 Å². The summed E-state index contributed by atoms with van der Waals surface area (Å²) < 4.78 is 18.8. The van der Waals surface area contributed by atoms with Gasteiger partial charge >= 0.3 is 0 Å². The van der Waals surface area contributed by atoms with Crippen molar-refractivity contribution in [1.29, 1.82) is 0 Å².